The number of nitrogens with one attached hydrogen (secondary N) is 1. The summed E-state index contributed by atoms with van der Waals surface area (Å²) in [6, 6.07) is 4.83. The van der Waals surface area contributed by atoms with E-state index in [1.165, 1.54) is 12.1 Å². The van der Waals surface area contributed by atoms with Crippen molar-refractivity contribution in [3.05, 3.63) is 41.6 Å². The fourth-order valence-electron chi connectivity index (χ4n) is 3.65. The first-order chi connectivity index (χ1) is 12.3. The normalized spacial score (nSPS) is 21.9. The van der Waals surface area contributed by atoms with Gasteiger partial charge >= 0.3 is 0 Å². The summed E-state index contributed by atoms with van der Waals surface area (Å²) < 4.78 is 19.3. The number of nitrogens with zero attached hydrogens (tertiary/aromatic N) is 4. The van der Waals surface area contributed by atoms with E-state index < -0.39 is 0 Å². The van der Waals surface area contributed by atoms with E-state index in [1.807, 2.05) is 0 Å². The van der Waals surface area contributed by atoms with Crippen molar-refractivity contribution in [3.63, 3.8) is 0 Å². The highest BCUT2D eigenvalue weighted by molar-refractivity contribution is 5.75. The first kappa shape index (κ1) is 15.0. The van der Waals surface area contributed by atoms with E-state index in [2.05, 4.69) is 25.1 Å². The van der Waals surface area contributed by atoms with Gasteiger partial charge < -0.3 is 9.40 Å². The van der Waals surface area contributed by atoms with E-state index in [-0.39, 0.29) is 11.9 Å². The van der Waals surface area contributed by atoms with Crippen LogP contribution in [-0.4, -0.2) is 31.6 Å². The molecule has 2 aromatic heterocycles. The average molecular weight is 341 g/mol. The first-order valence-electron chi connectivity index (χ1n) is 8.98. The van der Waals surface area contributed by atoms with E-state index in [4.69, 9.17) is 4.42 Å². The molecule has 2 aliphatic rings. The summed E-state index contributed by atoms with van der Waals surface area (Å²) in [7, 11) is 0. The SMILES string of the molecule is Fc1ccc2nc([C@@H]3CCCCN3Cc3nnc(C4CC4)o3)[nH]c2c1. The topological polar surface area (TPSA) is 70.8 Å². The average Bonchev–Trinajstić information content (AvgIpc) is 3.22. The van der Waals surface area contributed by atoms with Crippen LogP contribution in [-0.2, 0) is 6.54 Å². The zero-order chi connectivity index (χ0) is 16.8. The molecule has 2 fully saturated rings. The fraction of sp³-hybridized carbons (Fsp3) is 0.500. The Bertz CT molecular complexity index is 900. The van der Waals surface area contributed by atoms with Crippen LogP contribution in [0.1, 0.15) is 61.7 Å². The number of halogens is 1. The molecule has 5 rings (SSSR count). The lowest BCUT2D eigenvalue weighted by Crippen LogP contribution is -2.33. The molecule has 0 spiro atoms. The Kier molecular flexibility index (Phi) is 3.55. The van der Waals surface area contributed by atoms with Crippen molar-refractivity contribution in [3.8, 4) is 0 Å². The predicted octanol–water partition coefficient (Wildman–Crippen LogP) is 3.69. The highest BCUT2D eigenvalue weighted by atomic mass is 19.1. The first-order valence-corrected chi connectivity index (χ1v) is 8.98. The maximum absolute atomic E-state index is 13.4. The van der Waals surface area contributed by atoms with E-state index >= 15 is 0 Å². The maximum Gasteiger partial charge on any atom is 0.230 e. The monoisotopic (exact) mass is 341 g/mol. The van der Waals surface area contributed by atoms with Gasteiger partial charge in [0.05, 0.1) is 23.6 Å². The van der Waals surface area contributed by atoms with Crippen LogP contribution in [0.3, 0.4) is 0 Å². The van der Waals surface area contributed by atoms with Gasteiger partial charge in [-0.25, -0.2) is 9.37 Å². The molecule has 1 aromatic carbocycles. The van der Waals surface area contributed by atoms with Gasteiger partial charge in [0.15, 0.2) is 0 Å². The van der Waals surface area contributed by atoms with E-state index in [0.717, 1.165) is 61.4 Å². The van der Waals surface area contributed by atoms with Crippen LogP contribution in [0.4, 0.5) is 4.39 Å². The number of hydrogen-bond acceptors (Lipinski definition) is 5. The number of imidazole rings is 1. The molecule has 1 aliphatic carbocycles. The standard InChI is InChI=1S/C18H20FN5O/c19-12-6-7-13-14(9-12)21-17(20-13)15-3-1-2-8-24(15)10-16-22-23-18(25-16)11-4-5-11/h6-7,9,11,15H,1-5,8,10H2,(H,20,21)/t15-/m0/s1. The molecule has 6 nitrogen and oxygen atoms in total. The van der Waals surface area contributed by atoms with Crippen LogP contribution in [0, 0.1) is 5.82 Å². The lowest BCUT2D eigenvalue weighted by Gasteiger charge is -2.33. The molecule has 25 heavy (non-hydrogen) atoms. The second-order valence-corrected chi connectivity index (χ2v) is 7.07. The number of likely N-dealkylation sites (tertiary alicyclic amines) is 1. The third-order valence-electron chi connectivity index (χ3n) is 5.14. The number of piperidine rings is 1. The zero-order valence-corrected chi connectivity index (χ0v) is 13.9. The largest absolute Gasteiger partial charge is 0.424 e. The molecule has 0 amide bonds. The molecule has 7 heteroatoms. The molecule has 3 heterocycles. The predicted molar refractivity (Wildman–Crippen MR) is 89.3 cm³/mol. The summed E-state index contributed by atoms with van der Waals surface area (Å²) in [5.41, 5.74) is 1.55. The molecular formula is C18H20FN5O. The number of benzene rings is 1. The zero-order valence-electron chi connectivity index (χ0n) is 13.9. The molecule has 1 saturated heterocycles. The molecule has 3 aromatic rings. The molecule has 1 atom stereocenters. The van der Waals surface area contributed by atoms with Gasteiger partial charge in [-0.1, -0.05) is 6.42 Å². The lowest BCUT2D eigenvalue weighted by molar-refractivity contribution is 0.122. The van der Waals surface area contributed by atoms with Gasteiger partial charge in [-0.2, -0.15) is 0 Å². The second kappa shape index (κ2) is 5.91. The molecule has 130 valence electrons. The summed E-state index contributed by atoms with van der Waals surface area (Å²) in [6.45, 7) is 1.60. The highest BCUT2D eigenvalue weighted by Gasteiger charge is 2.31. The van der Waals surface area contributed by atoms with Gasteiger partial charge in [0, 0.05) is 5.92 Å². The van der Waals surface area contributed by atoms with Gasteiger partial charge in [-0.15, -0.1) is 10.2 Å². The maximum atomic E-state index is 13.4. The van der Waals surface area contributed by atoms with Crippen LogP contribution in [0.2, 0.25) is 0 Å². The molecular weight excluding hydrogens is 321 g/mol. The Morgan fingerprint density at radius 3 is 3.00 bits per heavy atom. The molecule has 1 aliphatic heterocycles. The van der Waals surface area contributed by atoms with Gasteiger partial charge in [0.25, 0.3) is 0 Å². The summed E-state index contributed by atoms with van der Waals surface area (Å²) in [5, 5.41) is 8.39. The number of hydrogen-bond donors (Lipinski definition) is 1. The summed E-state index contributed by atoms with van der Waals surface area (Å²) in [6.07, 6.45) is 5.64. The minimum Gasteiger partial charge on any atom is -0.424 e. The van der Waals surface area contributed by atoms with Crippen molar-refractivity contribution in [2.45, 2.75) is 50.6 Å². The highest BCUT2D eigenvalue weighted by Crippen LogP contribution is 2.39. The van der Waals surface area contributed by atoms with Crippen LogP contribution < -0.4 is 0 Å². The van der Waals surface area contributed by atoms with Crippen molar-refractivity contribution in [2.75, 3.05) is 6.54 Å². The third kappa shape index (κ3) is 2.93. The van der Waals surface area contributed by atoms with E-state index in [1.54, 1.807) is 6.07 Å². The Labute approximate surface area is 144 Å². The van der Waals surface area contributed by atoms with E-state index in [9.17, 15) is 4.39 Å². The molecule has 1 N–H and O–H groups in total. The minimum absolute atomic E-state index is 0.167. The van der Waals surface area contributed by atoms with Crippen molar-refractivity contribution in [2.24, 2.45) is 0 Å². The van der Waals surface area contributed by atoms with Crippen LogP contribution in [0.25, 0.3) is 11.0 Å². The molecule has 0 unspecified atom stereocenters. The van der Waals surface area contributed by atoms with Crippen molar-refractivity contribution in [1.82, 2.24) is 25.1 Å². The number of rotatable bonds is 4. The summed E-state index contributed by atoms with van der Waals surface area (Å²) in [4.78, 5) is 10.3. The van der Waals surface area contributed by atoms with Crippen molar-refractivity contribution >= 4 is 11.0 Å². The van der Waals surface area contributed by atoms with Crippen molar-refractivity contribution < 1.29 is 8.81 Å². The molecule has 0 bridgehead atoms. The number of aromatic amines is 1. The Morgan fingerprint density at radius 1 is 1.20 bits per heavy atom. The van der Waals surface area contributed by atoms with E-state index in [0.29, 0.717) is 18.4 Å². The van der Waals surface area contributed by atoms with Gasteiger partial charge in [0.2, 0.25) is 11.8 Å². The third-order valence-corrected chi connectivity index (χ3v) is 5.14. The molecule has 1 saturated carbocycles. The minimum atomic E-state index is -0.248. The van der Waals surface area contributed by atoms with Crippen LogP contribution >= 0.6 is 0 Å². The van der Waals surface area contributed by atoms with Crippen LogP contribution in [0.5, 0.6) is 0 Å². The summed E-state index contributed by atoms with van der Waals surface area (Å²) >= 11 is 0. The van der Waals surface area contributed by atoms with Gasteiger partial charge in [-0.05, 0) is 50.4 Å². The molecule has 0 radical (unpaired) electrons. The second-order valence-electron chi connectivity index (χ2n) is 7.07. The Balaban J connectivity index is 1.40. The number of aromatic nitrogens is 4. The van der Waals surface area contributed by atoms with Crippen molar-refractivity contribution in [1.29, 1.82) is 0 Å². The Morgan fingerprint density at radius 2 is 2.12 bits per heavy atom. The van der Waals surface area contributed by atoms with Crippen LogP contribution in [0.15, 0.2) is 22.6 Å². The lowest BCUT2D eigenvalue weighted by atomic mass is 10.0. The number of fused-ring (bicyclic) bond motifs is 1. The summed E-state index contributed by atoms with van der Waals surface area (Å²) in [5.74, 6) is 2.58. The fourth-order valence-corrected chi connectivity index (χ4v) is 3.65. The quantitative estimate of drug-likeness (QED) is 0.784. The van der Waals surface area contributed by atoms with Gasteiger partial charge in [0.1, 0.15) is 11.6 Å². The number of H-pyrrole nitrogens is 1. The smallest absolute Gasteiger partial charge is 0.230 e. The van der Waals surface area contributed by atoms with Gasteiger partial charge in [-0.3, -0.25) is 4.90 Å². The Hall–Kier alpha value is -2.28.